The standard InChI is InChI=1S/C29H39BrN2O3/c1-3-4-5-6-7-8-9-10-11-12-13-17-28(33)32-31-22-25-21-26(30)18-19-27(25)35-29(34)24-16-14-15-23(2)20-24/h14-16,18-22H,3-13,17H2,1-2H3,(H,32,33)/b31-22-. The quantitative estimate of drug-likeness (QED) is 0.0764. The zero-order valence-electron chi connectivity index (χ0n) is 21.2. The maximum atomic E-state index is 12.5. The monoisotopic (exact) mass is 542 g/mol. The molecule has 0 aliphatic carbocycles. The number of amides is 1. The van der Waals surface area contributed by atoms with Gasteiger partial charge in [0.1, 0.15) is 5.75 Å². The Morgan fingerprint density at radius 3 is 2.23 bits per heavy atom. The third-order valence-electron chi connectivity index (χ3n) is 5.83. The van der Waals surface area contributed by atoms with Crippen LogP contribution in [0, 0.1) is 6.92 Å². The number of halogens is 1. The topological polar surface area (TPSA) is 67.8 Å². The van der Waals surface area contributed by atoms with Crippen molar-refractivity contribution in [3.63, 3.8) is 0 Å². The van der Waals surface area contributed by atoms with Crippen LogP contribution in [0.3, 0.4) is 0 Å². The Balaban J connectivity index is 1.70. The van der Waals surface area contributed by atoms with Crippen molar-refractivity contribution >= 4 is 34.0 Å². The van der Waals surface area contributed by atoms with Gasteiger partial charge in [0.25, 0.3) is 0 Å². The molecule has 1 amide bonds. The summed E-state index contributed by atoms with van der Waals surface area (Å²) in [6.45, 7) is 4.17. The number of esters is 1. The fourth-order valence-corrected chi connectivity index (χ4v) is 4.20. The Morgan fingerprint density at radius 1 is 0.914 bits per heavy atom. The predicted octanol–water partition coefficient (Wildman–Crippen LogP) is 8.13. The largest absolute Gasteiger partial charge is 0.422 e. The highest BCUT2D eigenvalue weighted by molar-refractivity contribution is 9.10. The van der Waals surface area contributed by atoms with Crippen molar-refractivity contribution in [1.82, 2.24) is 5.43 Å². The molecule has 0 aliphatic rings. The van der Waals surface area contributed by atoms with Crippen molar-refractivity contribution < 1.29 is 14.3 Å². The number of nitrogens with one attached hydrogen (secondary N) is 1. The molecular formula is C29H39BrN2O3. The normalized spacial score (nSPS) is 11.1. The number of ether oxygens (including phenoxy) is 1. The van der Waals surface area contributed by atoms with E-state index in [1.165, 1.54) is 64.0 Å². The van der Waals surface area contributed by atoms with Gasteiger partial charge in [0.15, 0.2) is 0 Å². The Kier molecular flexibility index (Phi) is 14.0. The summed E-state index contributed by atoms with van der Waals surface area (Å²) < 4.78 is 6.40. The molecule has 35 heavy (non-hydrogen) atoms. The molecule has 0 aliphatic heterocycles. The van der Waals surface area contributed by atoms with E-state index in [0.29, 0.717) is 23.3 Å². The van der Waals surface area contributed by atoms with Crippen molar-refractivity contribution in [3.05, 3.63) is 63.6 Å². The van der Waals surface area contributed by atoms with Crippen molar-refractivity contribution in [1.29, 1.82) is 0 Å². The number of carbonyl (C=O) groups is 2. The number of benzene rings is 2. The van der Waals surface area contributed by atoms with Gasteiger partial charge in [-0.15, -0.1) is 0 Å². The van der Waals surface area contributed by atoms with Gasteiger partial charge in [0.05, 0.1) is 11.8 Å². The summed E-state index contributed by atoms with van der Waals surface area (Å²) in [5.74, 6) is -0.167. The van der Waals surface area contributed by atoms with Crippen LogP contribution in [0.4, 0.5) is 0 Å². The first-order chi connectivity index (χ1) is 17.0. The zero-order chi connectivity index (χ0) is 25.3. The average molecular weight is 544 g/mol. The van der Waals surface area contributed by atoms with Crippen LogP contribution in [0.15, 0.2) is 52.0 Å². The molecule has 0 unspecified atom stereocenters. The van der Waals surface area contributed by atoms with E-state index in [9.17, 15) is 9.59 Å². The molecule has 0 radical (unpaired) electrons. The highest BCUT2D eigenvalue weighted by atomic mass is 79.9. The first kappa shape index (κ1) is 28.8. The Labute approximate surface area is 218 Å². The van der Waals surface area contributed by atoms with E-state index in [-0.39, 0.29) is 5.91 Å². The molecular weight excluding hydrogens is 504 g/mol. The molecule has 190 valence electrons. The van der Waals surface area contributed by atoms with E-state index in [0.717, 1.165) is 22.9 Å². The Morgan fingerprint density at radius 2 is 1.57 bits per heavy atom. The lowest BCUT2D eigenvalue weighted by atomic mass is 10.1. The van der Waals surface area contributed by atoms with Crippen LogP contribution in [-0.4, -0.2) is 18.1 Å². The third kappa shape index (κ3) is 12.2. The minimum atomic E-state index is -0.439. The van der Waals surface area contributed by atoms with Crippen LogP contribution >= 0.6 is 15.9 Å². The summed E-state index contributed by atoms with van der Waals surface area (Å²) in [5, 5.41) is 4.07. The first-order valence-electron chi connectivity index (χ1n) is 12.9. The fraction of sp³-hybridized carbons (Fsp3) is 0.483. The summed E-state index contributed by atoms with van der Waals surface area (Å²) in [6.07, 6.45) is 15.7. The minimum absolute atomic E-state index is 0.106. The van der Waals surface area contributed by atoms with E-state index in [2.05, 4.69) is 33.4 Å². The molecule has 2 rings (SSSR count). The summed E-state index contributed by atoms with van der Waals surface area (Å²) in [7, 11) is 0. The second kappa shape index (κ2) is 17.0. The predicted molar refractivity (Wildman–Crippen MR) is 147 cm³/mol. The van der Waals surface area contributed by atoms with E-state index >= 15 is 0 Å². The van der Waals surface area contributed by atoms with Gasteiger partial charge in [-0.2, -0.15) is 5.10 Å². The van der Waals surface area contributed by atoms with Crippen LogP contribution in [0.5, 0.6) is 5.75 Å². The molecule has 0 saturated carbocycles. The second-order valence-electron chi connectivity index (χ2n) is 9.02. The number of hydrogen-bond donors (Lipinski definition) is 1. The Hall–Kier alpha value is -2.47. The molecule has 1 N–H and O–H groups in total. The number of hydrazone groups is 1. The Bertz CT molecular complexity index is 959. The molecule has 0 bridgehead atoms. The van der Waals surface area contributed by atoms with Crippen LogP contribution < -0.4 is 10.2 Å². The van der Waals surface area contributed by atoms with Crippen LogP contribution in [0.2, 0.25) is 0 Å². The van der Waals surface area contributed by atoms with Crippen molar-refractivity contribution in [3.8, 4) is 5.75 Å². The molecule has 0 atom stereocenters. The lowest BCUT2D eigenvalue weighted by Gasteiger charge is -2.08. The zero-order valence-corrected chi connectivity index (χ0v) is 22.7. The maximum Gasteiger partial charge on any atom is 0.343 e. The maximum absolute atomic E-state index is 12.5. The van der Waals surface area contributed by atoms with Gasteiger partial charge in [-0.1, -0.05) is 105 Å². The smallest absolute Gasteiger partial charge is 0.343 e. The number of carbonyl (C=O) groups excluding carboxylic acids is 2. The van der Waals surface area contributed by atoms with Crippen LogP contribution in [0.25, 0.3) is 0 Å². The molecule has 6 heteroatoms. The molecule has 0 saturated heterocycles. The SMILES string of the molecule is CCCCCCCCCCCCCC(=O)N/N=C\c1cc(Br)ccc1OC(=O)c1cccc(C)c1. The van der Waals surface area contributed by atoms with Crippen LogP contribution in [0.1, 0.15) is 105 Å². The molecule has 5 nitrogen and oxygen atoms in total. The average Bonchev–Trinajstić information content (AvgIpc) is 2.84. The van der Waals surface area contributed by atoms with Gasteiger partial charge in [-0.05, 0) is 43.7 Å². The van der Waals surface area contributed by atoms with Gasteiger partial charge in [-0.25, -0.2) is 10.2 Å². The number of aryl methyl sites for hydroxylation is 1. The summed E-state index contributed by atoms with van der Waals surface area (Å²) in [6, 6.07) is 12.5. The lowest BCUT2D eigenvalue weighted by Crippen LogP contribution is -2.17. The van der Waals surface area contributed by atoms with E-state index in [4.69, 9.17) is 4.74 Å². The highest BCUT2D eigenvalue weighted by Crippen LogP contribution is 2.23. The third-order valence-corrected chi connectivity index (χ3v) is 6.32. The molecule has 0 spiro atoms. The van der Waals surface area contributed by atoms with E-state index < -0.39 is 5.97 Å². The number of hydrogen-bond acceptors (Lipinski definition) is 4. The minimum Gasteiger partial charge on any atom is -0.422 e. The van der Waals surface area contributed by atoms with Gasteiger partial charge in [-0.3, -0.25) is 4.79 Å². The number of rotatable bonds is 16. The van der Waals surface area contributed by atoms with Crippen molar-refractivity contribution in [2.24, 2.45) is 5.10 Å². The lowest BCUT2D eigenvalue weighted by molar-refractivity contribution is -0.121. The van der Waals surface area contributed by atoms with E-state index in [1.807, 2.05) is 19.1 Å². The molecule has 0 fully saturated rings. The molecule has 2 aromatic rings. The van der Waals surface area contributed by atoms with E-state index in [1.54, 1.807) is 30.3 Å². The number of nitrogens with zero attached hydrogens (tertiary/aromatic N) is 1. The summed E-state index contributed by atoms with van der Waals surface area (Å²) >= 11 is 3.43. The fourth-order valence-electron chi connectivity index (χ4n) is 3.82. The second-order valence-corrected chi connectivity index (χ2v) is 9.94. The van der Waals surface area contributed by atoms with Gasteiger partial charge >= 0.3 is 5.97 Å². The molecule has 0 aromatic heterocycles. The molecule has 0 heterocycles. The highest BCUT2D eigenvalue weighted by Gasteiger charge is 2.12. The van der Waals surface area contributed by atoms with Gasteiger partial charge < -0.3 is 4.74 Å². The van der Waals surface area contributed by atoms with Crippen molar-refractivity contribution in [2.45, 2.75) is 90.9 Å². The van der Waals surface area contributed by atoms with Crippen molar-refractivity contribution in [2.75, 3.05) is 0 Å². The van der Waals surface area contributed by atoms with Gasteiger partial charge in [0.2, 0.25) is 5.91 Å². The first-order valence-corrected chi connectivity index (χ1v) is 13.7. The molecule has 2 aromatic carbocycles. The summed E-state index contributed by atoms with van der Waals surface area (Å²) in [4.78, 5) is 24.6. The summed E-state index contributed by atoms with van der Waals surface area (Å²) in [5.41, 5.74) is 4.64. The van der Waals surface area contributed by atoms with Crippen LogP contribution in [-0.2, 0) is 4.79 Å². The number of unbranched alkanes of at least 4 members (excludes halogenated alkanes) is 10. The van der Waals surface area contributed by atoms with Gasteiger partial charge in [0, 0.05) is 16.5 Å².